The first-order chi connectivity index (χ1) is 26.7. The Morgan fingerprint density at radius 2 is 1.48 bits per heavy atom. The molecule has 4 aromatic carbocycles. The smallest absolute Gasteiger partial charge is 0.334 e. The maximum atomic E-state index is 14.1. The summed E-state index contributed by atoms with van der Waals surface area (Å²) in [7, 11) is 0. The fourth-order valence-electron chi connectivity index (χ4n) is 7.09. The zero-order chi connectivity index (χ0) is 40.5. The van der Waals surface area contributed by atoms with Crippen molar-refractivity contribution < 1.29 is 28.7 Å². The average molecular weight is 769 g/mol. The summed E-state index contributed by atoms with van der Waals surface area (Å²) in [5.41, 5.74) is 3.82. The summed E-state index contributed by atoms with van der Waals surface area (Å²) in [6, 6.07) is 29.4. The van der Waals surface area contributed by atoms with Crippen LogP contribution in [0.1, 0.15) is 128 Å². The Balaban J connectivity index is 1.23. The molecule has 1 aliphatic rings. The maximum Gasteiger partial charge on any atom is 0.334 e. The van der Waals surface area contributed by atoms with Gasteiger partial charge in [-0.2, -0.15) is 0 Å². The molecule has 0 heterocycles. The minimum absolute atomic E-state index is 0.109. The number of ether oxygens (including phenoxy) is 2. The second kappa shape index (κ2) is 18.4. The van der Waals surface area contributed by atoms with E-state index in [1.807, 2.05) is 66.7 Å². The average Bonchev–Trinajstić information content (AvgIpc) is 3.20. The van der Waals surface area contributed by atoms with Crippen LogP contribution >= 0.6 is 11.6 Å². The Bertz CT molecular complexity index is 2160. The molecular weight excluding hydrogens is 720 g/mol. The fraction of sp³-hybridized carbons (Fsp3) is 0.306. The molecule has 0 aromatic heterocycles. The second-order valence-electron chi connectivity index (χ2n) is 15.2. The van der Waals surface area contributed by atoms with Crippen LogP contribution in [-0.2, 0) is 25.5 Å². The molecule has 0 N–H and O–H groups in total. The standard InChI is InChI=1S/C49H49ClO6/c1-7-36-16-21-39(22-17-36)34(3)32-44(51)55-48(5,6)46(53)43-14-10-9-13-40(43)20-15-33(2)38-23-25-41(26-24-38)45(52)49(29-11-8-12-30-49)56-47(54)35(4)31-37-18-27-42(50)28-19-37/h1,9-10,13-14,16-19,21-28,31-33H,8,11-12,15,20,29-30H2,2-6H3/b34-32+,35-31+. The summed E-state index contributed by atoms with van der Waals surface area (Å²) < 4.78 is 11.8. The third-order valence-electron chi connectivity index (χ3n) is 10.5. The Hall–Kier alpha value is -5.51. The molecule has 0 aliphatic heterocycles. The van der Waals surface area contributed by atoms with E-state index in [1.165, 1.54) is 6.08 Å². The first kappa shape index (κ1) is 41.6. The lowest BCUT2D eigenvalue weighted by Gasteiger charge is -2.35. The molecule has 0 saturated heterocycles. The van der Waals surface area contributed by atoms with Crippen LogP contribution in [0, 0.1) is 12.3 Å². The third kappa shape index (κ3) is 10.4. The van der Waals surface area contributed by atoms with Gasteiger partial charge in [-0.15, -0.1) is 6.42 Å². The molecule has 5 rings (SSSR count). The van der Waals surface area contributed by atoms with Crippen molar-refractivity contribution in [2.24, 2.45) is 0 Å². The van der Waals surface area contributed by atoms with E-state index >= 15 is 0 Å². The van der Waals surface area contributed by atoms with E-state index in [1.54, 1.807) is 64.1 Å². The molecule has 1 unspecified atom stereocenters. The van der Waals surface area contributed by atoms with Gasteiger partial charge in [-0.05, 0) is 130 Å². The number of hydrogen-bond donors (Lipinski definition) is 0. The highest BCUT2D eigenvalue weighted by Gasteiger charge is 2.44. The Labute approximate surface area is 336 Å². The van der Waals surface area contributed by atoms with Gasteiger partial charge in [-0.25, -0.2) is 9.59 Å². The van der Waals surface area contributed by atoms with Crippen LogP contribution < -0.4 is 0 Å². The molecule has 0 bridgehead atoms. The van der Waals surface area contributed by atoms with Crippen molar-refractivity contribution in [3.05, 3.63) is 153 Å². The van der Waals surface area contributed by atoms with Crippen molar-refractivity contribution in [1.82, 2.24) is 0 Å². The highest BCUT2D eigenvalue weighted by molar-refractivity contribution is 6.30. The summed E-state index contributed by atoms with van der Waals surface area (Å²) in [4.78, 5) is 54.2. The van der Waals surface area contributed by atoms with Crippen molar-refractivity contribution >= 4 is 46.8 Å². The van der Waals surface area contributed by atoms with E-state index in [0.29, 0.717) is 46.6 Å². The SMILES string of the molecule is C#Cc1ccc(/C(C)=C/C(=O)OC(C)(C)C(=O)c2ccccc2CCC(C)c2ccc(C(=O)C3(OC(=O)/C(C)=C/c4ccc(Cl)cc4)CCCCC3)cc2)cc1. The molecular formula is C49H49ClO6. The number of hydrogen-bond acceptors (Lipinski definition) is 6. The van der Waals surface area contributed by atoms with Gasteiger partial charge in [-0.1, -0.05) is 104 Å². The Morgan fingerprint density at radius 1 is 0.857 bits per heavy atom. The van der Waals surface area contributed by atoms with Crippen molar-refractivity contribution in [2.45, 2.75) is 96.7 Å². The zero-order valence-corrected chi connectivity index (χ0v) is 33.6. The predicted molar refractivity (Wildman–Crippen MR) is 223 cm³/mol. The molecule has 1 aliphatic carbocycles. The zero-order valence-electron chi connectivity index (χ0n) is 32.8. The highest BCUT2D eigenvalue weighted by atomic mass is 35.5. The first-order valence-electron chi connectivity index (χ1n) is 19.1. The highest BCUT2D eigenvalue weighted by Crippen LogP contribution is 2.36. The number of carbonyl (C=O) groups is 4. The number of aryl methyl sites for hydroxylation is 1. The summed E-state index contributed by atoms with van der Waals surface area (Å²) in [6.45, 7) is 8.83. The van der Waals surface area contributed by atoms with Crippen LogP contribution in [0.15, 0.2) is 109 Å². The van der Waals surface area contributed by atoms with Gasteiger partial charge in [0.25, 0.3) is 0 Å². The van der Waals surface area contributed by atoms with Gasteiger partial charge >= 0.3 is 11.9 Å². The predicted octanol–water partition coefficient (Wildman–Crippen LogP) is 11.2. The summed E-state index contributed by atoms with van der Waals surface area (Å²) in [6.07, 6.45) is 13.5. The van der Waals surface area contributed by atoms with E-state index < -0.39 is 23.1 Å². The topological polar surface area (TPSA) is 86.7 Å². The molecule has 56 heavy (non-hydrogen) atoms. The molecule has 288 valence electrons. The number of Topliss-reactive ketones (excluding diaryl/α,β-unsaturated/α-hetero) is 2. The van der Waals surface area contributed by atoms with E-state index in [2.05, 4.69) is 12.8 Å². The lowest BCUT2D eigenvalue weighted by atomic mass is 9.79. The molecule has 0 amide bonds. The maximum absolute atomic E-state index is 14.1. The van der Waals surface area contributed by atoms with Gasteiger partial charge in [-0.3, -0.25) is 9.59 Å². The number of benzene rings is 4. The van der Waals surface area contributed by atoms with Crippen LogP contribution in [-0.4, -0.2) is 34.7 Å². The Morgan fingerprint density at radius 3 is 2.12 bits per heavy atom. The van der Waals surface area contributed by atoms with Gasteiger partial charge in [0.2, 0.25) is 11.6 Å². The normalized spacial score (nSPS) is 14.9. The van der Waals surface area contributed by atoms with Gasteiger partial charge in [0.1, 0.15) is 0 Å². The van der Waals surface area contributed by atoms with Gasteiger partial charge in [0.05, 0.1) is 0 Å². The van der Waals surface area contributed by atoms with E-state index in [9.17, 15) is 19.2 Å². The molecule has 4 aromatic rings. The molecule has 6 nitrogen and oxygen atoms in total. The third-order valence-corrected chi connectivity index (χ3v) is 10.8. The number of ketones is 2. The van der Waals surface area contributed by atoms with E-state index in [-0.39, 0.29) is 17.5 Å². The molecule has 0 spiro atoms. The van der Waals surface area contributed by atoms with Gasteiger partial charge in [0, 0.05) is 33.4 Å². The number of esters is 2. The molecule has 1 fully saturated rings. The summed E-state index contributed by atoms with van der Waals surface area (Å²) in [5.74, 6) is 1.11. The Kier molecular flexibility index (Phi) is 13.7. The lowest BCUT2D eigenvalue weighted by molar-refractivity contribution is -0.152. The van der Waals surface area contributed by atoms with E-state index in [4.69, 9.17) is 27.5 Å². The minimum Gasteiger partial charge on any atom is -0.448 e. The lowest BCUT2D eigenvalue weighted by Crippen LogP contribution is -2.45. The van der Waals surface area contributed by atoms with Crippen molar-refractivity contribution in [3.8, 4) is 12.3 Å². The van der Waals surface area contributed by atoms with E-state index in [0.717, 1.165) is 53.5 Å². The molecule has 1 atom stereocenters. The molecule has 7 heteroatoms. The van der Waals surface area contributed by atoms with Crippen molar-refractivity contribution in [2.75, 3.05) is 0 Å². The largest absolute Gasteiger partial charge is 0.448 e. The van der Waals surface area contributed by atoms with Crippen LogP contribution in [0.5, 0.6) is 0 Å². The van der Waals surface area contributed by atoms with Crippen LogP contribution in [0.3, 0.4) is 0 Å². The summed E-state index contributed by atoms with van der Waals surface area (Å²) >= 11 is 6.01. The molecule has 1 saturated carbocycles. The van der Waals surface area contributed by atoms with Crippen molar-refractivity contribution in [1.29, 1.82) is 0 Å². The first-order valence-corrected chi connectivity index (χ1v) is 19.5. The molecule has 0 radical (unpaired) electrons. The van der Waals surface area contributed by atoms with Crippen molar-refractivity contribution in [3.63, 3.8) is 0 Å². The number of allylic oxidation sites excluding steroid dienone is 1. The van der Waals surface area contributed by atoms with Gasteiger partial charge < -0.3 is 9.47 Å². The van der Waals surface area contributed by atoms with Gasteiger partial charge in [0.15, 0.2) is 11.2 Å². The fourth-order valence-corrected chi connectivity index (χ4v) is 7.22. The number of terminal acetylenes is 1. The quantitative estimate of drug-likeness (QED) is 0.0549. The number of carbonyl (C=O) groups excluding carboxylic acids is 4. The number of rotatable bonds is 14. The minimum atomic E-state index is -1.40. The number of halogens is 1. The summed E-state index contributed by atoms with van der Waals surface area (Å²) in [5, 5.41) is 0.609. The second-order valence-corrected chi connectivity index (χ2v) is 15.6. The van der Waals surface area contributed by atoms with Crippen LogP contribution in [0.4, 0.5) is 0 Å². The van der Waals surface area contributed by atoms with Crippen LogP contribution in [0.25, 0.3) is 11.6 Å². The monoisotopic (exact) mass is 768 g/mol. The van der Waals surface area contributed by atoms with Crippen LogP contribution in [0.2, 0.25) is 5.02 Å².